The Morgan fingerprint density at radius 2 is 2.19 bits per heavy atom. The largest absolute Gasteiger partial charge is 0.346 e. The van der Waals surface area contributed by atoms with Gasteiger partial charge in [0.2, 0.25) is 5.91 Å². The number of hydrogen-bond donors (Lipinski definition) is 3. The molecule has 3 N–H and O–H groups in total. The van der Waals surface area contributed by atoms with E-state index in [4.69, 9.17) is 17.5 Å². The molecule has 3 rings (SSSR count). The highest BCUT2D eigenvalue weighted by Gasteiger charge is 2.07. The van der Waals surface area contributed by atoms with Crippen molar-refractivity contribution in [2.24, 2.45) is 5.10 Å². The van der Waals surface area contributed by atoms with Crippen LogP contribution in [0.4, 0.5) is 0 Å². The lowest BCUT2D eigenvalue weighted by Gasteiger charge is -2.00. The van der Waals surface area contributed by atoms with E-state index in [1.807, 2.05) is 35.0 Å². The van der Waals surface area contributed by atoms with Gasteiger partial charge in [-0.25, -0.2) is 5.43 Å². The van der Waals surface area contributed by atoms with Crippen LogP contribution in [0.25, 0.3) is 10.9 Å². The normalized spacial score (nSPS) is 10.9. The Morgan fingerprint density at radius 3 is 2.96 bits per heavy atom. The van der Waals surface area contributed by atoms with E-state index in [0.717, 1.165) is 16.5 Å². The minimum Gasteiger partial charge on any atom is -0.346 e. The monoisotopic (exact) mass is 380 g/mol. The lowest BCUT2D eigenvalue weighted by Crippen LogP contribution is -2.21. The third kappa shape index (κ3) is 4.56. The maximum Gasteiger partial charge on any atom is 0.251 e. The van der Waals surface area contributed by atoms with E-state index in [0.29, 0.717) is 18.7 Å². The molecule has 1 aromatic carbocycles. The number of amides is 1. The summed E-state index contributed by atoms with van der Waals surface area (Å²) in [5.74, 6) is -0.379. The molecule has 0 bridgehead atoms. The molecule has 0 saturated heterocycles. The topological polar surface area (TPSA) is 119 Å². The van der Waals surface area contributed by atoms with E-state index in [1.54, 1.807) is 6.21 Å². The molecule has 0 spiro atoms. The molecular weight excluding hydrogens is 364 g/mol. The molecule has 136 valence electrons. The first kappa shape index (κ1) is 18.3. The van der Waals surface area contributed by atoms with Crippen LogP contribution in [0, 0.1) is 16.1 Å². The zero-order valence-electron chi connectivity index (χ0n) is 14.2. The highest BCUT2D eigenvalue weighted by atomic mass is 32.1. The van der Waals surface area contributed by atoms with Gasteiger partial charge >= 0.3 is 0 Å². The number of carbonyl (C=O) groups excluding carboxylic acids is 1. The number of nitrogens with one attached hydrogen (secondary N) is 3. The Labute approximate surface area is 159 Å². The number of aromatic amines is 2. The third-order valence-corrected chi connectivity index (χ3v) is 4.05. The predicted octanol–water partition coefficient (Wildman–Crippen LogP) is 1.99. The highest BCUT2D eigenvalue weighted by molar-refractivity contribution is 7.71. The molecule has 2 aromatic heterocycles. The van der Waals surface area contributed by atoms with Gasteiger partial charge in [0.15, 0.2) is 4.77 Å². The smallest absolute Gasteiger partial charge is 0.251 e. The Bertz CT molecular complexity index is 1140. The standard InChI is InChI=1S/C18H16N6O2S/c19-6-3-7-24-11-12(14-4-1-2-5-15(14)24)10-20-23-17(26)9-13-8-16(25)22-18(27)21-13/h1-2,4-5,8,10-11H,3,7,9H2,(H,23,26)(H2,21,22,25,27)/b20-10-. The van der Waals surface area contributed by atoms with Crippen molar-refractivity contribution in [2.45, 2.75) is 19.4 Å². The van der Waals surface area contributed by atoms with E-state index in [-0.39, 0.29) is 22.7 Å². The molecule has 0 radical (unpaired) electrons. The van der Waals surface area contributed by atoms with Crippen LogP contribution in [0.5, 0.6) is 0 Å². The Hall–Kier alpha value is -3.51. The van der Waals surface area contributed by atoms with Gasteiger partial charge in [-0.15, -0.1) is 0 Å². The summed E-state index contributed by atoms with van der Waals surface area (Å²) in [6, 6.07) is 11.2. The Kier molecular flexibility index (Phi) is 5.58. The lowest BCUT2D eigenvalue weighted by molar-refractivity contribution is -0.120. The second-order valence-corrected chi connectivity index (χ2v) is 6.19. The SMILES string of the molecule is N#CCCn1cc(/C=N\NC(=O)Cc2cc(=O)[nH]c(=S)[nH]2)c2ccccc21. The number of nitrogens with zero attached hydrogens (tertiary/aromatic N) is 3. The van der Waals surface area contributed by atoms with E-state index in [9.17, 15) is 9.59 Å². The molecule has 0 aliphatic heterocycles. The van der Waals surface area contributed by atoms with Crippen molar-refractivity contribution in [3.8, 4) is 6.07 Å². The van der Waals surface area contributed by atoms with Gasteiger partial charge in [-0.05, 0) is 18.3 Å². The number of aryl methyl sites for hydroxylation is 1. The second-order valence-electron chi connectivity index (χ2n) is 5.79. The molecule has 0 atom stereocenters. The fraction of sp³-hybridized carbons (Fsp3) is 0.167. The highest BCUT2D eigenvalue weighted by Crippen LogP contribution is 2.20. The van der Waals surface area contributed by atoms with Crippen molar-refractivity contribution >= 4 is 35.2 Å². The van der Waals surface area contributed by atoms with Crippen molar-refractivity contribution in [1.82, 2.24) is 20.0 Å². The molecule has 3 aromatic rings. The maximum atomic E-state index is 12.0. The summed E-state index contributed by atoms with van der Waals surface area (Å²) < 4.78 is 2.15. The van der Waals surface area contributed by atoms with Crippen LogP contribution >= 0.6 is 12.2 Å². The van der Waals surface area contributed by atoms with Crippen molar-refractivity contribution < 1.29 is 4.79 Å². The molecule has 2 heterocycles. The van der Waals surface area contributed by atoms with Gasteiger partial charge in [-0.3, -0.25) is 14.6 Å². The minimum atomic E-state index is -0.379. The average Bonchev–Trinajstić information content (AvgIpc) is 2.97. The number of aromatic nitrogens is 3. The van der Waals surface area contributed by atoms with Crippen LogP contribution in [0.1, 0.15) is 17.7 Å². The fourth-order valence-corrected chi connectivity index (χ4v) is 2.97. The molecule has 0 fully saturated rings. The number of H-pyrrole nitrogens is 2. The fourth-order valence-electron chi connectivity index (χ4n) is 2.73. The summed E-state index contributed by atoms with van der Waals surface area (Å²) in [7, 11) is 0. The second kappa shape index (κ2) is 8.25. The minimum absolute atomic E-state index is 0.0468. The van der Waals surface area contributed by atoms with Gasteiger partial charge in [-0.1, -0.05) is 18.2 Å². The molecule has 0 aliphatic carbocycles. The summed E-state index contributed by atoms with van der Waals surface area (Å²) in [5.41, 5.74) is 4.31. The maximum absolute atomic E-state index is 12.0. The molecule has 0 saturated carbocycles. The molecule has 0 unspecified atom stereocenters. The molecule has 9 heteroatoms. The first-order valence-corrected chi connectivity index (χ1v) is 8.57. The van der Waals surface area contributed by atoms with E-state index < -0.39 is 0 Å². The van der Waals surface area contributed by atoms with Crippen LogP contribution in [0.2, 0.25) is 0 Å². The van der Waals surface area contributed by atoms with Crippen LogP contribution < -0.4 is 11.0 Å². The van der Waals surface area contributed by atoms with Crippen LogP contribution in [-0.2, 0) is 17.8 Å². The van der Waals surface area contributed by atoms with Crippen molar-refractivity contribution in [3.05, 3.63) is 62.9 Å². The number of carbonyl (C=O) groups is 1. The van der Waals surface area contributed by atoms with Crippen molar-refractivity contribution in [3.63, 3.8) is 0 Å². The summed E-state index contributed by atoms with van der Waals surface area (Å²) in [5, 5.41) is 13.8. The summed E-state index contributed by atoms with van der Waals surface area (Å²) in [4.78, 5) is 28.5. The Morgan fingerprint density at radius 1 is 1.37 bits per heavy atom. The van der Waals surface area contributed by atoms with E-state index in [1.165, 1.54) is 6.07 Å². The van der Waals surface area contributed by atoms with Crippen molar-refractivity contribution in [1.29, 1.82) is 5.26 Å². The quantitative estimate of drug-likeness (QED) is 0.344. The number of fused-ring (bicyclic) bond motifs is 1. The van der Waals surface area contributed by atoms with E-state index in [2.05, 4.69) is 26.6 Å². The molecule has 0 aliphatic rings. The van der Waals surface area contributed by atoms with Crippen LogP contribution in [-0.4, -0.2) is 26.7 Å². The Balaban J connectivity index is 1.72. The molecule has 27 heavy (non-hydrogen) atoms. The number of para-hydroxylation sites is 1. The van der Waals surface area contributed by atoms with Crippen LogP contribution in [0.3, 0.4) is 0 Å². The molecular formula is C18H16N6O2S. The van der Waals surface area contributed by atoms with Gasteiger partial charge in [0, 0.05) is 41.0 Å². The van der Waals surface area contributed by atoms with Gasteiger partial charge in [0.25, 0.3) is 5.56 Å². The summed E-state index contributed by atoms with van der Waals surface area (Å²) >= 11 is 4.87. The summed E-state index contributed by atoms with van der Waals surface area (Å²) in [6.45, 7) is 0.582. The molecule has 1 amide bonds. The summed E-state index contributed by atoms with van der Waals surface area (Å²) in [6.07, 6.45) is 3.81. The number of rotatable bonds is 6. The number of hydrazone groups is 1. The number of nitriles is 1. The molecule has 8 nitrogen and oxygen atoms in total. The van der Waals surface area contributed by atoms with Crippen LogP contribution in [0.15, 0.2) is 46.4 Å². The van der Waals surface area contributed by atoms with Crippen molar-refractivity contribution in [2.75, 3.05) is 0 Å². The van der Waals surface area contributed by atoms with Gasteiger partial charge in [-0.2, -0.15) is 10.4 Å². The number of benzene rings is 1. The van der Waals surface area contributed by atoms with Gasteiger partial charge in [0.1, 0.15) is 0 Å². The van der Waals surface area contributed by atoms with Gasteiger partial charge in [0.05, 0.1) is 25.1 Å². The first-order chi connectivity index (χ1) is 13.1. The third-order valence-electron chi connectivity index (χ3n) is 3.84. The predicted molar refractivity (Wildman–Crippen MR) is 104 cm³/mol. The first-order valence-electron chi connectivity index (χ1n) is 8.16. The zero-order valence-corrected chi connectivity index (χ0v) is 15.0. The van der Waals surface area contributed by atoms with E-state index >= 15 is 0 Å². The number of hydrogen-bond acceptors (Lipinski definition) is 5. The lowest BCUT2D eigenvalue weighted by atomic mass is 10.2. The average molecular weight is 380 g/mol. The zero-order chi connectivity index (χ0) is 19.2. The van der Waals surface area contributed by atoms with Gasteiger partial charge < -0.3 is 9.55 Å².